The summed E-state index contributed by atoms with van der Waals surface area (Å²) in [6.45, 7) is 7.52. The minimum Gasteiger partial charge on any atom is -0.361 e. The molecule has 0 spiro atoms. The average Bonchev–Trinajstić information content (AvgIpc) is 3.07. The summed E-state index contributed by atoms with van der Waals surface area (Å²) in [5, 5.41) is 3.92. The minimum absolute atomic E-state index is 0.0953. The third-order valence-corrected chi connectivity index (χ3v) is 6.09. The van der Waals surface area contributed by atoms with Crippen LogP contribution in [0.5, 0.6) is 0 Å². The number of benzene rings is 1. The van der Waals surface area contributed by atoms with E-state index >= 15 is 0 Å². The third kappa shape index (κ3) is 4.42. The van der Waals surface area contributed by atoms with Crippen molar-refractivity contribution in [3.8, 4) is 11.1 Å². The Labute approximate surface area is 188 Å². The van der Waals surface area contributed by atoms with Gasteiger partial charge in [0.25, 0.3) is 5.91 Å². The Kier molecular flexibility index (Phi) is 6.35. The molecule has 0 aliphatic carbocycles. The maximum atomic E-state index is 13.2. The van der Waals surface area contributed by atoms with E-state index in [0.29, 0.717) is 49.6 Å². The highest BCUT2D eigenvalue weighted by molar-refractivity contribution is 5.96. The summed E-state index contributed by atoms with van der Waals surface area (Å²) in [7, 11) is 0. The van der Waals surface area contributed by atoms with Crippen LogP contribution in [0.1, 0.15) is 34.3 Å². The zero-order valence-electron chi connectivity index (χ0n) is 18.7. The molecule has 1 atom stereocenters. The molecule has 4 rings (SSSR count). The monoisotopic (exact) mass is 432 g/mol. The number of hydrogen-bond acceptors (Lipinski definition) is 5. The molecule has 7 heteroatoms. The molecule has 166 valence electrons. The van der Waals surface area contributed by atoms with Crippen LogP contribution < -0.4 is 0 Å². The van der Waals surface area contributed by atoms with Gasteiger partial charge >= 0.3 is 0 Å². The van der Waals surface area contributed by atoms with Crippen molar-refractivity contribution in [2.24, 2.45) is 5.92 Å². The van der Waals surface area contributed by atoms with E-state index in [1.165, 1.54) is 0 Å². The molecule has 1 saturated heterocycles. The average molecular weight is 433 g/mol. The maximum Gasteiger partial charge on any atom is 0.259 e. The second-order valence-corrected chi connectivity index (χ2v) is 8.21. The molecule has 0 N–H and O–H groups in total. The Morgan fingerprint density at radius 1 is 1.12 bits per heavy atom. The Balaban J connectivity index is 1.55. The zero-order chi connectivity index (χ0) is 22.7. The number of likely N-dealkylation sites (N-methyl/N-ethyl adjacent to an activating group) is 1. The number of aromatic nitrogens is 2. The van der Waals surface area contributed by atoms with E-state index in [2.05, 4.69) is 34.4 Å². The van der Waals surface area contributed by atoms with Crippen molar-refractivity contribution in [1.82, 2.24) is 19.9 Å². The Bertz CT molecular complexity index is 1070. The van der Waals surface area contributed by atoms with Crippen molar-refractivity contribution in [3.05, 3.63) is 71.4 Å². The third-order valence-electron chi connectivity index (χ3n) is 6.09. The predicted molar refractivity (Wildman–Crippen MR) is 121 cm³/mol. The van der Waals surface area contributed by atoms with Gasteiger partial charge in [0.1, 0.15) is 11.3 Å². The van der Waals surface area contributed by atoms with Crippen LogP contribution in [-0.4, -0.2) is 57.9 Å². The summed E-state index contributed by atoms with van der Waals surface area (Å²) in [4.78, 5) is 34.2. The number of carbonyl (C=O) groups excluding carboxylic acids is 2. The number of hydrogen-bond donors (Lipinski definition) is 0. The van der Waals surface area contributed by atoms with Gasteiger partial charge in [-0.25, -0.2) is 0 Å². The first-order valence-corrected chi connectivity index (χ1v) is 11.0. The van der Waals surface area contributed by atoms with Crippen molar-refractivity contribution in [3.63, 3.8) is 0 Å². The molecule has 32 heavy (non-hydrogen) atoms. The predicted octanol–water partition coefficient (Wildman–Crippen LogP) is 3.52. The summed E-state index contributed by atoms with van der Waals surface area (Å²) in [5.41, 5.74) is 4.29. The van der Waals surface area contributed by atoms with E-state index in [-0.39, 0.29) is 17.7 Å². The molecule has 3 heterocycles. The van der Waals surface area contributed by atoms with Crippen LogP contribution in [0.25, 0.3) is 11.1 Å². The molecule has 2 aromatic heterocycles. The zero-order valence-corrected chi connectivity index (χ0v) is 18.7. The van der Waals surface area contributed by atoms with E-state index in [4.69, 9.17) is 4.52 Å². The standard InChI is InChI=1S/C25H28N4O3/c1-4-28-12-13-29(25(31)23-17(2)27-32-18(23)3)16-22(24(28)30)14-19-7-9-20(10-8-19)21-6-5-11-26-15-21/h5-11,15,22H,4,12-14,16H2,1-3H3. The second-order valence-electron chi connectivity index (χ2n) is 8.21. The van der Waals surface area contributed by atoms with Gasteiger partial charge in [-0.15, -0.1) is 0 Å². The number of aryl methyl sites for hydroxylation is 2. The van der Waals surface area contributed by atoms with Gasteiger partial charge < -0.3 is 14.3 Å². The summed E-state index contributed by atoms with van der Waals surface area (Å²) < 4.78 is 5.19. The highest BCUT2D eigenvalue weighted by Crippen LogP contribution is 2.23. The molecule has 1 aliphatic rings. The van der Waals surface area contributed by atoms with Crippen LogP contribution in [0.3, 0.4) is 0 Å². The topological polar surface area (TPSA) is 79.5 Å². The Morgan fingerprint density at radius 2 is 1.91 bits per heavy atom. The first kappa shape index (κ1) is 21.7. The molecule has 2 amide bonds. The van der Waals surface area contributed by atoms with Gasteiger partial charge in [-0.1, -0.05) is 35.5 Å². The largest absolute Gasteiger partial charge is 0.361 e. The molecule has 7 nitrogen and oxygen atoms in total. The maximum absolute atomic E-state index is 13.2. The van der Waals surface area contributed by atoms with Gasteiger partial charge in [-0.05, 0) is 49.9 Å². The number of amides is 2. The van der Waals surface area contributed by atoms with E-state index in [9.17, 15) is 9.59 Å². The number of rotatable bonds is 5. The second kappa shape index (κ2) is 9.34. The van der Waals surface area contributed by atoms with Crippen molar-refractivity contribution in [2.45, 2.75) is 27.2 Å². The minimum atomic E-state index is -0.300. The fourth-order valence-corrected chi connectivity index (χ4v) is 4.29. The molecule has 1 aliphatic heterocycles. The quantitative estimate of drug-likeness (QED) is 0.616. The fourth-order valence-electron chi connectivity index (χ4n) is 4.29. The highest BCUT2D eigenvalue weighted by Gasteiger charge is 2.33. The fraction of sp³-hybridized carbons (Fsp3) is 0.360. The van der Waals surface area contributed by atoms with Crippen LogP contribution in [-0.2, 0) is 11.2 Å². The molecule has 0 saturated carbocycles. The van der Waals surface area contributed by atoms with Crippen molar-refractivity contribution in [1.29, 1.82) is 0 Å². The lowest BCUT2D eigenvalue weighted by Crippen LogP contribution is -2.38. The molecule has 1 unspecified atom stereocenters. The highest BCUT2D eigenvalue weighted by atomic mass is 16.5. The van der Waals surface area contributed by atoms with Gasteiger partial charge in [0.05, 0.1) is 11.6 Å². The van der Waals surface area contributed by atoms with Gasteiger partial charge in [-0.2, -0.15) is 0 Å². The lowest BCUT2D eigenvalue weighted by atomic mass is 9.95. The van der Waals surface area contributed by atoms with E-state index < -0.39 is 0 Å². The molecular formula is C25H28N4O3. The number of pyridine rings is 1. The molecule has 0 radical (unpaired) electrons. The normalized spacial score (nSPS) is 16.8. The van der Waals surface area contributed by atoms with Crippen LogP contribution in [0.15, 0.2) is 53.3 Å². The summed E-state index contributed by atoms with van der Waals surface area (Å²) >= 11 is 0. The summed E-state index contributed by atoms with van der Waals surface area (Å²) in [6.07, 6.45) is 4.17. The lowest BCUT2D eigenvalue weighted by molar-refractivity contribution is -0.134. The smallest absolute Gasteiger partial charge is 0.259 e. The van der Waals surface area contributed by atoms with E-state index in [0.717, 1.165) is 16.7 Å². The first-order chi connectivity index (χ1) is 15.5. The van der Waals surface area contributed by atoms with Gasteiger partial charge in [0, 0.05) is 38.6 Å². The van der Waals surface area contributed by atoms with Crippen LogP contribution in [0.2, 0.25) is 0 Å². The van der Waals surface area contributed by atoms with E-state index in [1.54, 1.807) is 24.9 Å². The van der Waals surface area contributed by atoms with Crippen molar-refractivity contribution in [2.75, 3.05) is 26.2 Å². The van der Waals surface area contributed by atoms with Crippen LogP contribution in [0.4, 0.5) is 0 Å². The molecule has 3 aromatic rings. The molecule has 1 aromatic carbocycles. The van der Waals surface area contributed by atoms with E-state index in [1.807, 2.05) is 30.2 Å². The van der Waals surface area contributed by atoms with Crippen LogP contribution >= 0.6 is 0 Å². The van der Waals surface area contributed by atoms with Crippen molar-refractivity contribution < 1.29 is 14.1 Å². The van der Waals surface area contributed by atoms with Gasteiger partial charge in [0.2, 0.25) is 5.91 Å². The molecule has 1 fully saturated rings. The molecular weight excluding hydrogens is 404 g/mol. The van der Waals surface area contributed by atoms with Gasteiger partial charge in [-0.3, -0.25) is 14.6 Å². The SMILES string of the molecule is CCN1CCN(C(=O)c2c(C)noc2C)CC(Cc2ccc(-c3cccnc3)cc2)C1=O. The first-order valence-electron chi connectivity index (χ1n) is 11.0. The lowest BCUT2D eigenvalue weighted by Gasteiger charge is -2.23. The summed E-state index contributed by atoms with van der Waals surface area (Å²) in [6, 6.07) is 12.1. The van der Waals surface area contributed by atoms with Crippen LogP contribution in [0, 0.1) is 19.8 Å². The van der Waals surface area contributed by atoms with Gasteiger partial charge in [0.15, 0.2) is 0 Å². The Hall–Kier alpha value is -3.48. The number of nitrogens with zero attached hydrogens (tertiary/aromatic N) is 4. The Morgan fingerprint density at radius 3 is 2.53 bits per heavy atom. The summed E-state index contributed by atoms with van der Waals surface area (Å²) in [5.74, 6) is 0.186. The van der Waals surface area contributed by atoms with Crippen molar-refractivity contribution >= 4 is 11.8 Å². The number of carbonyl (C=O) groups is 2. The molecule has 0 bridgehead atoms.